The van der Waals surface area contributed by atoms with E-state index in [0.29, 0.717) is 15.9 Å². The van der Waals surface area contributed by atoms with Crippen molar-refractivity contribution in [2.75, 3.05) is 6.54 Å². The van der Waals surface area contributed by atoms with Gasteiger partial charge in [-0.05, 0) is 65.2 Å². The van der Waals surface area contributed by atoms with Crippen LogP contribution in [0, 0.1) is 12.3 Å². The highest BCUT2D eigenvalue weighted by Gasteiger charge is 2.36. The van der Waals surface area contributed by atoms with Crippen LogP contribution in [0.2, 0.25) is 0 Å². The van der Waals surface area contributed by atoms with Crippen molar-refractivity contribution in [2.24, 2.45) is 5.41 Å². The Kier molecular flexibility index (Phi) is 4.99. The predicted molar refractivity (Wildman–Crippen MR) is 88.3 cm³/mol. The monoisotopic (exact) mass is 423 g/mol. The number of rotatable bonds is 5. The second-order valence-electron chi connectivity index (χ2n) is 5.56. The fourth-order valence-electron chi connectivity index (χ4n) is 2.49. The molecule has 0 radical (unpaired) electrons. The molecule has 0 bridgehead atoms. The van der Waals surface area contributed by atoms with Gasteiger partial charge < -0.3 is 0 Å². The summed E-state index contributed by atoms with van der Waals surface area (Å²) >= 11 is 6.73. The van der Waals surface area contributed by atoms with E-state index in [1.165, 1.54) is 6.42 Å². The van der Waals surface area contributed by atoms with Gasteiger partial charge in [0, 0.05) is 15.5 Å². The Bertz CT molecular complexity index is 604. The summed E-state index contributed by atoms with van der Waals surface area (Å²) in [5.41, 5.74) is 1.17. The summed E-state index contributed by atoms with van der Waals surface area (Å²) in [5, 5.41) is 0. The second-order valence-corrected chi connectivity index (χ2v) is 9.01. The first kappa shape index (κ1) is 16.5. The van der Waals surface area contributed by atoms with Crippen molar-refractivity contribution < 1.29 is 8.42 Å². The maximum atomic E-state index is 12.5. The zero-order valence-corrected chi connectivity index (χ0v) is 15.7. The van der Waals surface area contributed by atoms with Crippen molar-refractivity contribution in [3.63, 3.8) is 0 Å². The normalized spacial score (nSPS) is 17.8. The molecule has 0 amide bonds. The minimum Gasteiger partial charge on any atom is -0.211 e. The molecule has 0 saturated heterocycles. The first-order valence-corrected chi connectivity index (χ1v) is 9.82. The van der Waals surface area contributed by atoms with Crippen LogP contribution in [0.5, 0.6) is 0 Å². The van der Waals surface area contributed by atoms with Crippen molar-refractivity contribution in [3.8, 4) is 0 Å². The third kappa shape index (κ3) is 3.29. The van der Waals surface area contributed by atoms with Gasteiger partial charge in [0.25, 0.3) is 0 Å². The van der Waals surface area contributed by atoms with Gasteiger partial charge in [0.15, 0.2) is 0 Å². The molecule has 1 aliphatic rings. The van der Waals surface area contributed by atoms with Crippen LogP contribution in [0.4, 0.5) is 0 Å². The van der Waals surface area contributed by atoms with Gasteiger partial charge >= 0.3 is 0 Å². The maximum Gasteiger partial charge on any atom is 0.241 e. The van der Waals surface area contributed by atoms with Gasteiger partial charge in [-0.2, -0.15) is 0 Å². The number of aryl methyl sites for hydroxylation is 1. The summed E-state index contributed by atoms with van der Waals surface area (Å²) in [7, 11) is -3.48. The van der Waals surface area contributed by atoms with E-state index in [1.54, 1.807) is 6.07 Å². The molecule has 3 nitrogen and oxygen atoms in total. The van der Waals surface area contributed by atoms with Crippen molar-refractivity contribution in [1.82, 2.24) is 4.72 Å². The lowest BCUT2D eigenvalue weighted by atomic mass is 9.67. The molecule has 112 valence electrons. The highest BCUT2D eigenvalue weighted by Crippen LogP contribution is 2.43. The Morgan fingerprint density at radius 2 is 1.90 bits per heavy atom. The van der Waals surface area contributed by atoms with Crippen LogP contribution in [0.25, 0.3) is 0 Å². The maximum absolute atomic E-state index is 12.5. The van der Waals surface area contributed by atoms with Crippen LogP contribution in [0.1, 0.15) is 38.2 Å². The third-order valence-corrected chi connectivity index (χ3v) is 7.52. The molecular weight excluding hydrogens is 406 g/mol. The Labute approximate surface area is 137 Å². The van der Waals surface area contributed by atoms with E-state index in [9.17, 15) is 8.42 Å². The Morgan fingerprint density at radius 1 is 1.25 bits per heavy atom. The van der Waals surface area contributed by atoms with E-state index < -0.39 is 10.0 Å². The van der Waals surface area contributed by atoms with Crippen molar-refractivity contribution in [2.45, 2.75) is 44.4 Å². The van der Waals surface area contributed by atoms with Gasteiger partial charge in [0.05, 0.1) is 4.90 Å². The minimum atomic E-state index is -3.48. The van der Waals surface area contributed by atoms with Gasteiger partial charge in [-0.15, -0.1) is 0 Å². The molecule has 6 heteroatoms. The number of hydrogen-bond donors (Lipinski definition) is 1. The van der Waals surface area contributed by atoms with E-state index in [1.807, 2.05) is 13.0 Å². The number of nitrogens with one attached hydrogen (secondary N) is 1. The average molecular weight is 425 g/mol. The van der Waals surface area contributed by atoms with Gasteiger partial charge in [-0.1, -0.05) is 29.3 Å². The molecule has 20 heavy (non-hydrogen) atoms. The van der Waals surface area contributed by atoms with E-state index in [-0.39, 0.29) is 5.41 Å². The fourth-order valence-corrected chi connectivity index (χ4v) is 5.32. The number of benzene rings is 1. The molecule has 1 N–H and O–H groups in total. The highest BCUT2D eigenvalue weighted by atomic mass is 79.9. The summed E-state index contributed by atoms with van der Waals surface area (Å²) in [4.78, 5) is 0.292. The molecule has 1 aromatic carbocycles. The molecule has 1 fully saturated rings. The molecule has 2 rings (SSSR count). The summed E-state index contributed by atoms with van der Waals surface area (Å²) in [6, 6.07) is 3.47. The number of hydrogen-bond acceptors (Lipinski definition) is 2. The molecule has 0 unspecified atom stereocenters. The Balaban J connectivity index is 2.20. The van der Waals surface area contributed by atoms with Crippen LogP contribution < -0.4 is 4.72 Å². The molecule has 1 saturated carbocycles. The second kappa shape index (κ2) is 6.07. The molecular formula is C14H19Br2NO2S. The molecule has 0 heterocycles. The summed E-state index contributed by atoms with van der Waals surface area (Å²) in [5.74, 6) is 0. The minimum absolute atomic E-state index is 0.168. The summed E-state index contributed by atoms with van der Waals surface area (Å²) < 4.78 is 29.1. The zero-order valence-electron chi connectivity index (χ0n) is 11.7. The van der Waals surface area contributed by atoms with E-state index in [4.69, 9.17) is 0 Å². The van der Waals surface area contributed by atoms with Gasteiger partial charge in [0.1, 0.15) is 0 Å². The molecule has 1 aliphatic carbocycles. The van der Waals surface area contributed by atoms with Gasteiger partial charge in [-0.3, -0.25) is 0 Å². The molecule has 0 spiro atoms. The van der Waals surface area contributed by atoms with Gasteiger partial charge in [0.2, 0.25) is 10.0 Å². The van der Waals surface area contributed by atoms with Crippen LogP contribution in [0.15, 0.2) is 26.0 Å². The van der Waals surface area contributed by atoms with Crippen LogP contribution in [-0.4, -0.2) is 15.0 Å². The Morgan fingerprint density at radius 3 is 2.40 bits per heavy atom. The Hall–Kier alpha value is 0.0900. The summed E-state index contributed by atoms with van der Waals surface area (Å²) in [6.45, 7) is 4.59. The SMILES string of the molecule is CCC1(CNS(=O)(=O)c2cc(Br)c(C)cc2Br)CCC1. The fraction of sp³-hybridized carbons (Fsp3) is 0.571. The smallest absolute Gasteiger partial charge is 0.211 e. The molecule has 1 aromatic rings. The van der Waals surface area contributed by atoms with Crippen LogP contribution >= 0.6 is 31.9 Å². The average Bonchev–Trinajstić information content (AvgIpc) is 2.32. The molecule has 0 atom stereocenters. The molecule has 0 aromatic heterocycles. The van der Waals surface area contributed by atoms with E-state index >= 15 is 0 Å². The lowest BCUT2D eigenvalue weighted by molar-refractivity contribution is 0.133. The largest absolute Gasteiger partial charge is 0.241 e. The number of sulfonamides is 1. The van der Waals surface area contributed by atoms with Crippen molar-refractivity contribution >= 4 is 41.9 Å². The predicted octanol–water partition coefficient (Wildman–Crippen LogP) is 4.38. The topological polar surface area (TPSA) is 46.2 Å². The third-order valence-electron chi connectivity index (χ3n) is 4.30. The number of halogens is 2. The van der Waals surface area contributed by atoms with Crippen LogP contribution in [0.3, 0.4) is 0 Å². The highest BCUT2D eigenvalue weighted by molar-refractivity contribution is 9.11. The first-order valence-electron chi connectivity index (χ1n) is 6.75. The zero-order chi connectivity index (χ0) is 15.0. The van der Waals surface area contributed by atoms with Gasteiger partial charge in [-0.25, -0.2) is 13.1 Å². The first-order chi connectivity index (χ1) is 9.30. The lowest BCUT2D eigenvalue weighted by Gasteiger charge is -2.41. The lowest BCUT2D eigenvalue weighted by Crippen LogP contribution is -2.41. The van der Waals surface area contributed by atoms with E-state index in [0.717, 1.165) is 29.3 Å². The molecule has 0 aliphatic heterocycles. The van der Waals surface area contributed by atoms with Crippen molar-refractivity contribution in [3.05, 3.63) is 26.6 Å². The van der Waals surface area contributed by atoms with Crippen molar-refractivity contribution in [1.29, 1.82) is 0 Å². The quantitative estimate of drug-likeness (QED) is 0.762. The van der Waals surface area contributed by atoms with E-state index in [2.05, 4.69) is 43.5 Å². The van der Waals surface area contributed by atoms with Crippen LogP contribution in [-0.2, 0) is 10.0 Å². The standard InChI is InChI=1S/C14H19Br2NO2S/c1-3-14(5-4-6-14)9-17-20(18,19)13-8-11(15)10(2)7-12(13)16/h7-8,17H,3-6,9H2,1-2H3. The summed E-state index contributed by atoms with van der Waals surface area (Å²) in [6.07, 6.45) is 4.46.